The topological polar surface area (TPSA) is 76.2 Å². The van der Waals surface area contributed by atoms with Crippen LogP contribution in [0.2, 0.25) is 0 Å². The summed E-state index contributed by atoms with van der Waals surface area (Å²) in [6.45, 7) is 2.43. The third-order valence-corrected chi connectivity index (χ3v) is 3.87. The molecule has 2 fully saturated rings. The Morgan fingerprint density at radius 1 is 1.37 bits per heavy atom. The van der Waals surface area contributed by atoms with E-state index in [1.807, 2.05) is 16.9 Å². The number of likely N-dealkylation sites (tertiary alicyclic amines) is 1. The van der Waals surface area contributed by atoms with Crippen molar-refractivity contribution in [2.24, 2.45) is 0 Å². The van der Waals surface area contributed by atoms with Gasteiger partial charge in [-0.25, -0.2) is 0 Å². The average Bonchev–Trinajstić information content (AvgIpc) is 3.09. The Bertz CT molecular complexity index is 446. The monoisotopic (exact) mass is 263 g/mol. The van der Waals surface area contributed by atoms with Gasteiger partial charge in [0, 0.05) is 25.3 Å². The van der Waals surface area contributed by atoms with E-state index in [0.717, 1.165) is 38.8 Å². The number of piperidine rings is 1. The molecule has 104 valence electrons. The minimum absolute atomic E-state index is 0.171. The summed E-state index contributed by atoms with van der Waals surface area (Å²) < 4.78 is 1.96. The number of amides is 1. The molecule has 2 aliphatic rings. The van der Waals surface area contributed by atoms with Gasteiger partial charge in [0.15, 0.2) is 0 Å². The fourth-order valence-corrected chi connectivity index (χ4v) is 2.60. The second-order valence-corrected chi connectivity index (χ2v) is 5.57. The van der Waals surface area contributed by atoms with Gasteiger partial charge >= 0.3 is 0 Å². The Balaban J connectivity index is 1.45. The van der Waals surface area contributed by atoms with Crippen LogP contribution in [0.25, 0.3) is 0 Å². The molecule has 0 aromatic carbocycles. The summed E-state index contributed by atoms with van der Waals surface area (Å²) >= 11 is 0. The summed E-state index contributed by atoms with van der Waals surface area (Å²) in [5.41, 5.74) is 5.64. The van der Waals surface area contributed by atoms with Gasteiger partial charge in [-0.3, -0.25) is 14.4 Å². The van der Waals surface area contributed by atoms with Crippen LogP contribution in [0.5, 0.6) is 0 Å². The number of nitrogen functional groups attached to an aromatic ring is 1. The fourth-order valence-electron chi connectivity index (χ4n) is 2.60. The van der Waals surface area contributed by atoms with Gasteiger partial charge in [0.25, 0.3) is 0 Å². The molecule has 0 bridgehead atoms. The lowest BCUT2D eigenvalue weighted by Gasteiger charge is -2.31. The molecule has 1 aromatic heterocycles. The Kier molecular flexibility index (Phi) is 3.42. The number of carbonyl (C=O) groups excluding carboxylic acids is 1. The number of hydrogen-bond donors (Lipinski definition) is 2. The number of hydrogen-bond acceptors (Lipinski definition) is 4. The fraction of sp³-hybridized carbons (Fsp3) is 0.692. The highest BCUT2D eigenvalue weighted by Gasteiger charge is 2.26. The molecule has 1 saturated carbocycles. The van der Waals surface area contributed by atoms with Crippen LogP contribution < -0.4 is 11.1 Å². The summed E-state index contributed by atoms with van der Waals surface area (Å²) in [6, 6.07) is 2.70. The zero-order valence-electron chi connectivity index (χ0n) is 11.1. The second-order valence-electron chi connectivity index (χ2n) is 5.57. The van der Waals surface area contributed by atoms with Gasteiger partial charge in [-0.05, 0) is 31.7 Å². The number of nitrogens with zero attached hydrogens (tertiary/aromatic N) is 3. The van der Waals surface area contributed by atoms with Crippen molar-refractivity contribution in [3.05, 3.63) is 12.3 Å². The third kappa shape index (κ3) is 3.26. The van der Waals surface area contributed by atoms with Crippen molar-refractivity contribution in [2.75, 3.05) is 25.4 Å². The average molecular weight is 263 g/mol. The van der Waals surface area contributed by atoms with Crippen molar-refractivity contribution in [2.45, 2.75) is 37.8 Å². The van der Waals surface area contributed by atoms with Gasteiger partial charge < -0.3 is 11.1 Å². The van der Waals surface area contributed by atoms with E-state index in [1.54, 1.807) is 0 Å². The molecule has 1 aliphatic heterocycles. The highest BCUT2D eigenvalue weighted by Crippen LogP contribution is 2.22. The van der Waals surface area contributed by atoms with Crippen molar-refractivity contribution in [3.8, 4) is 0 Å². The van der Waals surface area contributed by atoms with Crippen LogP contribution in [-0.2, 0) is 4.79 Å². The minimum atomic E-state index is 0.171. The SMILES string of the molecule is Nc1ccn(C2CCN(CC(=O)NC3CC3)CC2)n1. The van der Waals surface area contributed by atoms with Crippen molar-refractivity contribution < 1.29 is 4.79 Å². The smallest absolute Gasteiger partial charge is 0.234 e. The van der Waals surface area contributed by atoms with E-state index in [0.29, 0.717) is 24.4 Å². The second kappa shape index (κ2) is 5.21. The van der Waals surface area contributed by atoms with Crippen LogP contribution in [-0.4, -0.2) is 46.3 Å². The number of aromatic nitrogens is 2. The molecule has 1 aliphatic carbocycles. The predicted molar refractivity (Wildman–Crippen MR) is 72.5 cm³/mol. The van der Waals surface area contributed by atoms with E-state index in [-0.39, 0.29) is 5.91 Å². The first kappa shape index (κ1) is 12.5. The van der Waals surface area contributed by atoms with Gasteiger partial charge in [0.05, 0.1) is 12.6 Å². The minimum Gasteiger partial charge on any atom is -0.382 e. The van der Waals surface area contributed by atoms with Crippen molar-refractivity contribution in [1.82, 2.24) is 20.0 Å². The lowest BCUT2D eigenvalue weighted by molar-refractivity contribution is -0.122. The zero-order chi connectivity index (χ0) is 13.2. The van der Waals surface area contributed by atoms with Crippen LogP contribution in [0.4, 0.5) is 5.82 Å². The molecule has 1 amide bonds. The molecule has 0 spiro atoms. The molecule has 3 N–H and O–H groups in total. The standard InChI is InChI=1S/C13H21N5O/c14-12-5-8-18(16-12)11-3-6-17(7-4-11)9-13(19)15-10-1-2-10/h5,8,10-11H,1-4,6-7,9H2,(H2,14,16)(H,15,19). The lowest BCUT2D eigenvalue weighted by atomic mass is 10.1. The maximum absolute atomic E-state index is 11.7. The Hall–Kier alpha value is -1.56. The summed E-state index contributed by atoms with van der Waals surface area (Å²) in [4.78, 5) is 14.0. The Morgan fingerprint density at radius 2 is 2.11 bits per heavy atom. The molecule has 0 atom stereocenters. The molecule has 19 heavy (non-hydrogen) atoms. The first-order valence-corrected chi connectivity index (χ1v) is 7.03. The molecule has 0 radical (unpaired) electrons. The van der Waals surface area contributed by atoms with E-state index in [4.69, 9.17) is 5.73 Å². The van der Waals surface area contributed by atoms with E-state index in [9.17, 15) is 4.79 Å². The molecule has 3 rings (SSSR count). The molecule has 2 heterocycles. The molecular formula is C13H21N5O. The van der Waals surface area contributed by atoms with Gasteiger partial charge in [0.2, 0.25) is 5.91 Å². The maximum Gasteiger partial charge on any atom is 0.234 e. The summed E-state index contributed by atoms with van der Waals surface area (Å²) in [5.74, 6) is 0.746. The normalized spacial score (nSPS) is 21.5. The molecule has 1 aromatic rings. The lowest BCUT2D eigenvalue weighted by Crippen LogP contribution is -2.42. The van der Waals surface area contributed by atoms with Gasteiger partial charge in [-0.2, -0.15) is 5.10 Å². The largest absolute Gasteiger partial charge is 0.382 e. The number of rotatable bonds is 4. The number of anilines is 1. The van der Waals surface area contributed by atoms with Crippen LogP contribution in [0.15, 0.2) is 12.3 Å². The van der Waals surface area contributed by atoms with Gasteiger partial charge in [0.1, 0.15) is 5.82 Å². The van der Waals surface area contributed by atoms with E-state index < -0.39 is 0 Å². The quantitative estimate of drug-likeness (QED) is 0.823. The van der Waals surface area contributed by atoms with Crippen LogP contribution in [0.1, 0.15) is 31.7 Å². The van der Waals surface area contributed by atoms with Crippen LogP contribution >= 0.6 is 0 Å². The Labute approximate surface area is 112 Å². The molecule has 6 heteroatoms. The number of carbonyl (C=O) groups is 1. The maximum atomic E-state index is 11.7. The third-order valence-electron chi connectivity index (χ3n) is 3.87. The van der Waals surface area contributed by atoms with Crippen LogP contribution in [0, 0.1) is 0 Å². The Morgan fingerprint density at radius 3 is 2.68 bits per heavy atom. The van der Waals surface area contributed by atoms with Crippen LogP contribution in [0.3, 0.4) is 0 Å². The molecule has 0 unspecified atom stereocenters. The summed E-state index contributed by atoms with van der Waals surface area (Å²) in [6.07, 6.45) is 6.29. The van der Waals surface area contributed by atoms with Gasteiger partial charge in [-0.15, -0.1) is 0 Å². The van der Waals surface area contributed by atoms with Gasteiger partial charge in [-0.1, -0.05) is 0 Å². The highest BCUT2D eigenvalue weighted by atomic mass is 16.2. The summed E-state index contributed by atoms with van der Waals surface area (Å²) in [7, 11) is 0. The first-order chi connectivity index (χ1) is 9.20. The number of nitrogens with two attached hydrogens (primary N) is 1. The first-order valence-electron chi connectivity index (χ1n) is 7.03. The number of nitrogens with one attached hydrogen (secondary N) is 1. The molecule has 6 nitrogen and oxygen atoms in total. The van der Waals surface area contributed by atoms with Crippen molar-refractivity contribution >= 4 is 11.7 Å². The zero-order valence-corrected chi connectivity index (χ0v) is 11.1. The van der Waals surface area contributed by atoms with E-state index in [2.05, 4.69) is 15.3 Å². The summed E-state index contributed by atoms with van der Waals surface area (Å²) in [5, 5.41) is 7.30. The van der Waals surface area contributed by atoms with Crippen molar-refractivity contribution in [3.63, 3.8) is 0 Å². The molecule has 1 saturated heterocycles. The highest BCUT2D eigenvalue weighted by molar-refractivity contribution is 5.78. The molecular weight excluding hydrogens is 242 g/mol. The predicted octanol–water partition coefficient (Wildman–Crippen LogP) is 0.381. The van der Waals surface area contributed by atoms with E-state index >= 15 is 0 Å². The van der Waals surface area contributed by atoms with Crippen molar-refractivity contribution in [1.29, 1.82) is 0 Å². The van der Waals surface area contributed by atoms with E-state index in [1.165, 1.54) is 0 Å².